The molecule has 2 fully saturated rings. The van der Waals surface area contributed by atoms with Crippen molar-refractivity contribution in [2.24, 2.45) is 17.3 Å². The molecule has 2 rings (SSSR count). The van der Waals surface area contributed by atoms with E-state index in [-0.39, 0.29) is 5.41 Å². The summed E-state index contributed by atoms with van der Waals surface area (Å²) < 4.78 is 0. The summed E-state index contributed by atoms with van der Waals surface area (Å²) in [5, 5.41) is 0. The highest BCUT2D eigenvalue weighted by molar-refractivity contribution is 5.86. The van der Waals surface area contributed by atoms with Gasteiger partial charge in [0.25, 0.3) is 0 Å². The third kappa shape index (κ3) is 2.30. The number of fused-ring (bicyclic) bond motifs is 1. The van der Waals surface area contributed by atoms with Crippen molar-refractivity contribution in [3.63, 3.8) is 0 Å². The lowest BCUT2D eigenvalue weighted by molar-refractivity contribution is -0.142. The Morgan fingerprint density at radius 2 is 2.00 bits per heavy atom. The van der Waals surface area contributed by atoms with Crippen LogP contribution in [-0.4, -0.2) is 5.78 Å². The van der Waals surface area contributed by atoms with Crippen LogP contribution in [-0.2, 0) is 4.79 Å². The van der Waals surface area contributed by atoms with Gasteiger partial charge in [0.15, 0.2) is 0 Å². The largest absolute Gasteiger partial charge is 0.299 e. The molecule has 2 saturated carbocycles. The molecule has 0 amide bonds. The van der Waals surface area contributed by atoms with E-state index in [0.29, 0.717) is 5.78 Å². The quantitative estimate of drug-likeness (QED) is 0.689. The van der Waals surface area contributed by atoms with Gasteiger partial charge in [0.05, 0.1) is 0 Å². The van der Waals surface area contributed by atoms with Crippen molar-refractivity contribution in [1.29, 1.82) is 0 Å². The molecular weight excluding hydrogens is 208 g/mol. The minimum absolute atomic E-state index is 0.116. The molecule has 0 spiro atoms. The second kappa shape index (κ2) is 5.54. The molecule has 0 bridgehead atoms. The SMILES string of the molecule is CCC[C@@H]1CCC[C@@]2(CCC)C(=O)CCC[C@@H]12. The molecular formula is C16H28O. The van der Waals surface area contributed by atoms with E-state index in [4.69, 9.17) is 0 Å². The Balaban J connectivity index is 2.22. The summed E-state index contributed by atoms with van der Waals surface area (Å²) in [4.78, 5) is 12.5. The smallest absolute Gasteiger partial charge is 0.139 e. The van der Waals surface area contributed by atoms with Crippen molar-refractivity contribution < 1.29 is 4.79 Å². The molecule has 0 aromatic carbocycles. The molecule has 3 atom stereocenters. The second-order valence-electron chi connectivity index (χ2n) is 6.27. The maximum atomic E-state index is 12.5. The number of Topliss-reactive ketones (excluding diaryl/α,β-unsaturated/α-hetero) is 1. The zero-order valence-corrected chi connectivity index (χ0v) is 11.6. The number of hydrogen-bond acceptors (Lipinski definition) is 1. The minimum Gasteiger partial charge on any atom is -0.299 e. The van der Waals surface area contributed by atoms with Gasteiger partial charge in [0.2, 0.25) is 0 Å². The highest BCUT2D eigenvalue weighted by Crippen LogP contribution is 2.54. The average molecular weight is 236 g/mol. The predicted molar refractivity (Wildman–Crippen MR) is 71.9 cm³/mol. The van der Waals surface area contributed by atoms with E-state index in [0.717, 1.165) is 31.1 Å². The van der Waals surface area contributed by atoms with Gasteiger partial charge >= 0.3 is 0 Å². The summed E-state index contributed by atoms with van der Waals surface area (Å²) in [7, 11) is 0. The Bertz CT molecular complexity index is 265. The number of rotatable bonds is 4. The second-order valence-corrected chi connectivity index (χ2v) is 6.27. The van der Waals surface area contributed by atoms with Gasteiger partial charge < -0.3 is 0 Å². The van der Waals surface area contributed by atoms with E-state index < -0.39 is 0 Å². The van der Waals surface area contributed by atoms with Crippen molar-refractivity contribution in [3.8, 4) is 0 Å². The topological polar surface area (TPSA) is 17.1 Å². The van der Waals surface area contributed by atoms with Crippen molar-refractivity contribution in [2.45, 2.75) is 78.1 Å². The molecule has 98 valence electrons. The summed E-state index contributed by atoms with van der Waals surface area (Å²) in [5.74, 6) is 2.21. The molecule has 0 saturated heterocycles. The Kier molecular flexibility index (Phi) is 4.27. The number of hydrogen-bond donors (Lipinski definition) is 0. The van der Waals surface area contributed by atoms with Crippen molar-refractivity contribution in [1.82, 2.24) is 0 Å². The van der Waals surface area contributed by atoms with Crippen LogP contribution >= 0.6 is 0 Å². The van der Waals surface area contributed by atoms with Crippen molar-refractivity contribution >= 4 is 5.78 Å². The average Bonchev–Trinajstić information content (AvgIpc) is 2.32. The number of carbonyl (C=O) groups is 1. The Hall–Kier alpha value is -0.330. The fraction of sp³-hybridized carbons (Fsp3) is 0.938. The lowest BCUT2D eigenvalue weighted by Gasteiger charge is -2.50. The molecule has 2 aliphatic carbocycles. The molecule has 17 heavy (non-hydrogen) atoms. The van der Waals surface area contributed by atoms with E-state index in [1.54, 1.807) is 0 Å². The lowest BCUT2D eigenvalue weighted by atomic mass is 9.53. The van der Waals surface area contributed by atoms with Crippen molar-refractivity contribution in [3.05, 3.63) is 0 Å². The summed E-state index contributed by atoms with van der Waals surface area (Å²) in [6.45, 7) is 4.54. The fourth-order valence-electron chi connectivity index (χ4n) is 4.72. The number of carbonyl (C=O) groups excluding carboxylic acids is 1. The normalized spacial score (nSPS) is 37.9. The first-order valence-electron chi connectivity index (χ1n) is 7.78. The predicted octanol–water partition coefficient (Wildman–Crippen LogP) is 4.74. The first kappa shape index (κ1) is 13.1. The zero-order valence-electron chi connectivity index (χ0n) is 11.6. The van der Waals surface area contributed by atoms with Crippen LogP contribution in [0.1, 0.15) is 78.1 Å². The van der Waals surface area contributed by atoms with Gasteiger partial charge in [-0.25, -0.2) is 0 Å². The lowest BCUT2D eigenvalue weighted by Crippen LogP contribution is -2.47. The van der Waals surface area contributed by atoms with Crippen LogP contribution in [0.4, 0.5) is 0 Å². The van der Waals surface area contributed by atoms with Crippen LogP contribution < -0.4 is 0 Å². The summed E-state index contributed by atoms with van der Waals surface area (Å²) >= 11 is 0. The highest BCUT2D eigenvalue weighted by atomic mass is 16.1. The maximum Gasteiger partial charge on any atom is 0.139 e. The van der Waals surface area contributed by atoms with E-state index >= 15 is 0 Å². The standard InChI is InChI=1S/C16H28O/c1-3-7-13-8-6-12-16(11-4-2)14(13)9-5-10-15(16)17/h13-14H,3-12H2,1-2H3/t13-,14+,16-/m1/s1. The minimum atomic E-state index is 0.116. The number of ketones is 1. The van der Waals surface area contributed by atoms with E-state index in [1.165, 1.54) is 44.9 Å². The molecule has 0 aliphatic heterocycles. The monoisotopic (exact) mass is 236 g/mol. The fourth-order valence-corrected chi connectivity index (χ4v) is 4.72. The first-order valence-corrected chi connectivity index (χ1v) is 7.78. The van der Waals surface area contributed by atoms with Gasteiger partial charge in [-0.3, -0.25) is 4.79 Å². The third-order valence-corrected chi connectivity index (χ3v) is 5.31. The third-order valence-electron chi connectivity index (χ3n) is 5.31. The Morgan fingerprint density at radius 3 is 2.71 bits per heavy atom. The van der Waals surface area contributed by atoms with Crippen molar-refractivity contribution in [2.75, 3.05) is 0 Å². The molecule has 1 heteroatoms. The van der Waals surface area contributed by atoms with Crippen LogP contribution in [0.25, 0.3) is 0 Å². The van der Waals surface area contributed by atoms with E-state index in [2.05, 4.69) is 13.8 Å². The Morgan fingerprint density at radius 1 is 1.18 bits per heavy atom. The van der Waals surface area contributed by atoms with Gasteiger partial charge in [0.1, 0.15) is 5.78 Å². The molecule has 0 unspecified atom stereocenters. The van der Waals surface area contributed by atoms with Crippen LogP contribution in [0.5, 0.6) is 0 Å². The van der Waals surface area contributed by atoms with Crippen LogP contribution in [0, 0.1) is 17.3 Å². The molecule has 0 aromatic heterocycles. The van der Waals surface area contributed by atoms with Gasteiger partial charge in [0, 0.05) is 11.8 Å². The first-order chi connectivity index (χ1) is 8.24. The Labute approximate surface area is 106 Å². The molecule has 0 heterocycles. The molecule has 0 radical (unpaired) electrons. The van der Waals surface area contributed by atoms with E-state index in [1.807, 2.05) is 0 Å². The maximum absolute atomic E-state index is 12.5. The van der Waals surface area contributed by atoms with Gasteiger partial charge in [-0.05, 0) is 37.5 Å². The summed E-state index contributed by atoms with van der Waals surface area (Å²) in [5.41, 5.74) is 0.116. The van der Waals surface area contributed by atoms with E-state index in [9.17, 15) is 4.79 Å². The van der Waals surface area contributed by atoms with Crippen LogP contribution in [0.2, 0.25) is 0 Å². The van der Waals surface area contributed by atoms with Crippen LogP contribution in [0.15, 0.2) is 0 Å². The zero-order chi connectivity index (χ0) is 12.3. The molecule has 1 nitrogen and oxygen atoms in total. The molecule has 0 aromatic rings. The van der Waals surface area contributed by atoms with Gasteiger partial charge in [-0.15, -0.1) is 0 Å². The van der Waals surface area contributed by atoms with Gasteiger partial charge in [-0.1, -0.05) is 46.0 Å². The molecule has 2 aliphatic rings. The highest BCUT2D eigenvalue weighted by Gasteiger charge is 2.50. The van der Waals surface area contributed by atoms with Gasteiger partial charge in [-0.2, -0.15) is 0 Å². The van der Waals surface area contributed by atoms with Crippen LogP contribution in [0.3, 0.4) is 0 Å². The molecule has 0 N–H and O–H groups in total. The summed E-state index contributed by atoms with van der Waals surface area (Å²) in [6.07, 6.45) is 12.2. The summed E-state index contributed by atoms with van der Waals surface area (Å²) in [6, 6.07) is 0.